The molecule has 1 fully saturated rings. The van der Waals surface area contributed by atoms with Gasteiger partial charge in [-0.05, 0) is 25.0 Å². The lowest BCUT2D eigenvalue weighted by molar-refractivity contribution is 0.0552. The zero-order valence-electron chi connectivity index (χ0n) is 14.9. The second-order valence-corrected chi connectivity index (χ2v) is 7.11. The van der Waals surface area contributed by atoms with Gasteiger partial charge >= 0.3 is 0 Å². The van der Waals surface area contributed by atoms with E-state index in [0.29, 0.717) is 24.4 Å². The Balaban J connectivity index is 1.76. The van der Waals surface area contributed by atoms with Gasteiger partial charge in [0.25, 0.3) is 5.91 Å². The number of carbonyl (C=O) groups is 1. The first-order chi connectivity index (χ1) is 12.1. The Kier molecular flexibility index (Phi) is 5.58. The molecule has 0 aliphatic carbocycles. The van der Waals surface area contributed by atoms with Crippen LogP contribution in [-0.4, -0.2) is 38.5 Å². The van der Waals surface area contributed by atoms with E-state index in [-0.39, 0.29) is 17.9 Å². The lowest BCUT2D eigenvalue weighted by atomic mass is 10.0. The molecule has 3 heterocycles. The number of likely N-dealkylation sites (tertiary alicyclic amines) is 1. The third kappa shape index (κ3) is 4.12. The number of furan rings is 1. The second-order valence-electron chi connectivity index (χ2n) is 7.11. The minimum Gasteiger partial charge on any atom is -0.467 e. The van der Waals surface area contributed by atoms with E-state index in [1.165, 1.54) is 0 Å². The van der Waals surface area contributed by atoms with E-state index < -0.39 is 6.10 Å². The Morgan fingerprint density at radius 1 is 1.44 bits per heavy atom. The number of aromatic amines is 1. The number of carbonyl (C=O) groups excluding carboxylic acids is 1. The summed E-state index contributed by atoms with van der Waals surface area (Å²) < 4.78 is 5.31. The van der Waals surface area contributed by atoms with Crippen LogP contribution >= 0.6 is 0 Å². The lowest BCUT2D eigenvalue weighted by Crippen LogP contribution is -2.41. The van der Waals surface area contributed by atoms with E-state index in [1.54, 1.807) is 24.6 Å². The van der Waals surface area contributed by atoms with Gasteiger partial charge in [0.05, 0.1) is 12.5 Å². The van der Waals surface area contributed by atoms with Crippen LogP contribution in [0.4, 0.5) is 0 Å². The summed E-state index contributed by atoms with van der Waals surface area (Å²) in [6, 6.07) is 3.55. The molecule has 1 aliphatic rings. The van der Waals surface area contributed by atoms with Crippen molar-refractivity contribution in [1.29, 1.82) is 0 Å². The van der Waals surface area contributed by atoms with Gasteiger partial charge in [-0.2, -0.15) is 0 Å². The molecule has 3 rings (SSSR count). The summed E-state index contributed by atoms with van der Waals surface area (Å²) in [5.74, 6) is 1.60. The number of imidazole rings is 1. The van der Waals surface area contributed by atoms with Gasteiger partial charge in [-0.25, -0.2) is 4.98 Å². The third-order valence-electron chi connectivity index (χ3n) is 4.88. The summed E-state index contributed by atoms with van der Waals surface area (Å²) in [5.41, 5.74) is 0.531. The molecular weight excluding hydrogens is 318 g/mol. The zero-order chi connectivity index (χ0) is 17.8. The maximum Gasteiger partial charge on any atom is 0.272 e. The number of H-pyrrole nitrogens is 1. The van der Waals surface area contributed by atoms with Gasteiger partial charge in [-0.1, -0.05) is 26.7 Å². The van der Waals surface area contributed by atoms with E-state index in [9.17, 15) is 9.90 Å². The number of aliphatic hydroxyl groups is 1. The van der Waals surface area contributed by atoms with Crippen molar-refractivity contribution in [3.8, 4) is 0 Å². The number of hydrogen-bond donors (Lipinski definition) is 2. The fourth-order valence-corrected chi connectivity index (χ4v) is 3.44. The Labute approximate surface area is 148 Å². The van der Waals surface area contributed by atoms with Crippen molar-refractivity contribution in [3.05, 3.63) is 41.9 Å². The van der Waals surface area contributed by atoms with Gasteiger partial charge in [-0.3, -0.25) is 4.79 Å². The maximum absolute atomic E-state index is 13.0. The molecule has 0 saturated carbocycles. The highest BCUT2D eigenvalue weighted by Gasteiger charge is 2.30. The normalized spacial score (nSPS) is 19.8. The van der Waals surface area contributed by atoms with Gasteiger partial charge in [0.1, 0.15) is 23.4 Å². The second kappa shape index (κ2) is 7.87. The van der Waals surface area contributed by atoms with E-state index in [2.05, 4.69) is 9.97 Å². The fraction of sp³-hybridized carbons (Fsp3) is 0.579. The van der Waals surface area contributed by atoms with E-state index in [4.69, 9.17) is 4.42 Å². The smallest absolute Gasteiger partial charge is 0.272 e. The first kappa shape index (κ1) is 17.7. The van der Waals surface area contributed by atoms with Crippen LogP contribution in [0.25, 0.3) is 0 Å². The number of rotatable bonds is 5. The Morgan fingerprint density at radius 2 is 2.28 bits per heavy atom. The highest BCUT2D eigenvalue weighted by atomic mass is 16.4. The van der Waals surface area contributed by atoms with Gasteiger partial charge in [-0.15, -0.1) is 0 Å². The van der Waals surface area contributed by atoms with E-state index in [1.807, 2.05) is 18.7 Å². The third-order valence-corrected chi connectivity index (χ3v) is 4.88. The standard InChI is InChI=1S/C19H27N3O3/c1-13(2)18-20-12-15(21-18)19(24)22-9-5-3-4-7-14(22)11-16(23)17-8-6-10-25-17/h6,8,10,12-14,16,23H,3-5,7,9,11H2,1-2H3,(H,20,21)/t14-,16-/m1/s1. The van der Waals surface area contributed by atoms with Gasteiger partial charge < -0.3 is 19.4 Å². The summed E-state index contributed by atoms with van der Waals surface area (Å²) >= 11 is 0. The highest BCUT2D eigenvalue weighted by molar-refractivity contribution is 5.92. The van der Waals surface area contributed by atoms with Crippen molar-refractivity contribution >= 4 is 5.91 Å². The van der Waals surface area contributed by atoms with Crippen LogP contribution in [-0.2, 0) is 0 Å². The van der Waals surface area contributed by atoms with Crippen LogP contribution in [0.3, 0.4) is 0 Å². The molecule has 25 heavy (non-hydrogen) atoms. The topological polar surface area (TPSA) is 82.4 Å². The van der Waals surface area contributed by atoms with Crippen molar-refractivity contribution in [1.82, 2.24) is 14.9 Å². The fourth-order valence-electron chi connectivity index (χ4n) is 3.44. The molecule has 0 unspecified atom stereocenters. The first-order valence-corrected chi connectivity index (χ1v) is 9.13. The summed E-state index contributed by atoms with van der Waals surface area (Å²) in [6.45, 7) is 4.80. The number of aliphatic hydroxyl groups excluding tert-OH is 1. The Hall–Kier alpha value is -2.08. The molecule has 0 aromatic carbocycles. The first-order valence-electron chi connectivity index (χ1n) is 9.13. The Bertz CT molecular complexity index is 678. The molecule has 2 N–H and O–H groups in total. The van der Waals surface area contributed by atoms with Gasteiger partial charge in [0.15, 0.2) is 0 Å². The Morgan fingerprint density at radius 3 is 2.96 bits per heavy atom. The largest absolute Gasteiger partial charge is 0.467 e. The number of amides is 1. The molecule has 1 amide bonds. The lowest BCUT2D eigenvalue weighted by Gasteiger charge is -2.31. The van der Waals surface area contributed by atoms with Crippen molar-refractivity contribution in [2.45, 2.75) is 64.0 Å². The molecule has 0 spiro atoms. The summed E-state index contributed by atoms with van der Waals surface area (Å²) in [7, 11) is 0. The van der Waals surface area contributed by atoms with Crippen molar-refractivity contribution in [2.24, 2.45) is 0 Å². The predicted molar refractivity (Wildman–Crippen MR) is 94.3 cm³/mol. The molecule has 0 bridgehead atoms. The molecule has 136 valence electrons. The minimum absolute atomic E-state index is 0.000833. The van der Waals surface area contributed by atoms with Crippen molar-refractivity contribution in [2.75, 3.05) is 6.54 Å². The quantitative estimate of drug-likeness (QED) is 0.867. The van der Waals surface area contributed by atoms with Crippen LogP contribution in [0.5, 0.6) is 0 Å². The van der Waals surface area contributed by atoms with Crippen molar-refractivity contribution in [3.63, 3.8) is 0 Å². The molecule has 1 aliphatic heterocycles. The molecule has 6 nitrogen and oxygen atoms in total. The monoisotopic (exact) mass is 345 g/mol. The van der Waals surface area contributed by atoms with Crippen LogP contribution in [0, 0.1) is 0 Å². The maximum atomic E-state index is 13.0. The number of hydrogen-bond acceptors (Lipinski definition) is 4. The summed E-state index contributed by atoms with van der Waals surface area (Å²) in [5, 5.41) is 10.4. The van der Waals surface area contributed by atoms with Crippen LogP contribution in [0.1, 0.15) is 80.0 Å². The molecular formula is C19H27N3O3. The highest BCUT2D eigenvalue weighted by Crippen LogP contribution is 2.27. The molecule has 6 heteroatoms. The van der Waals surface area contributed by atoms with E-state index >= 15 is 0 Å². The molecule has 0 radical (unpaired) electrons. The summed E-state index contributed by atoms with van der Waals surface area (Å²) in [6.07, 6.45) is 7.05. The average Bonchev–Trinajstić information content (AvgIpc) is 3.24. The SMILES string of the molecule is CC(C)c1ncc(C(=O)N2CCCCC[C@@H]2C[C@@H](O)c2ccco2)[nH]1. The summed E-state index contributed by atoms with van der Waals surface area (Å²) in [4.78, 5) is 22.4. The number of aromatic nitrogens is 2. The zero-order valence-corrected chi connectivity index (χ0v) is 14.9. The molecule has 1 saturated heterocycles. The van der Waals surface area contributed by atoms with Gasteiger partial charge in [0, 0.05) is 24.9 Å². The van der Waals surface area contributed by atoms with Crippen molar-refractivity contribution < 1.29 is 14.3 Å². The van der Waals surface area contributed by atoms with Crippen LogP contribution < -0.4 is 0 Å². The number of nitrogens with zero attached hydrogens (tertiary/aromatic N) is 2. The van der Waals surface area contributed by atoms with Crippen LogP contribution in [0.15, 0.2) is 29.0 Å². The molecule has 2 aromatic heterocycles. The number of nitrogens with one attached hydrogen (secondary N) is 1. The average molecular weight is 345 g/mol. The van der Waals surface area contributed by atoms with E-state index in [0.717, 1.165) is 31.5 Å². The van der Waals surface area contributed by atoms with Crippen LogP contribution in [0.2, 0.25) is 0 Å². The predicted octanol–water partition coefficient (Wildman–Crippen LogP) is 3.63. The molecule has 2 atom stereocenters. The minimum atomic E-state index is -0.693. The molecule has 2 aromatic rings. The van der Waals surface area contributed by atoms with Gasteiger partial charge in [0.2, 0.25) is 0 Å².